The van der Waals surface area contributed by atoms with Crippen LogP contribution in [-0.2, 0) is 4.79 Å². The van der Waals surface area contributed by atoms with E-state index in [-0.39, 0.29) is 23.0 Å². The molecule has 4 rings (SSSR count). The van der Waals surface area contributed by atoms with Crippen molar-refractivity contribution in [3.8, 4) is 5.69 Å². The van der Waals surface area contributed by atoms with Crippen molar-refractivity contribution in [2.75, 3.05) is 11.1 Å². The molecule has 31 heavy (non-hydrogen) atoms. The molecule has 0 spiro atoms. The molecule has 1 N–H and O–H groups in total. The van der Waals surface area contributed by atoms with E-state index in [1.54, 1.807) is 30.5 Å². The smallest absolute Gasteiger partial charge is 0.276 e. The van der Waals surface area contributed by atoms with Gasteiger partial charge in [-0.05, 0) is 79.2 Å². The van der Waals surface area contributed by atoms with E-state index in [1.165, 1.54) is 33.7 Å². The predicted molar refractivity (Wildman–Crippen MR) is 125 cm³/mol. The summed E-state index contributed by atoms with van der Waals surface area (Å²) < 4.78 is 15.7. The number of benzene rings is 2. The van der Waals surface area contributed by atoms with Gasteiger partial charge in [0.15, 0.2) is 5.16 Å². The maximum Gasteiger partial charge on any atom is 0.276 e. The molecular formula is C23H20FN3O2S2. The summed E-state index contributed by atoms with van der Waals surface area (Å²) in [5.41, 5.74) is 4.27. The Bertz CT molecular complexity index is 1360. The summed E-state index contributed by atoms with van der Waals surface area (Å²) in [6, 6.07) is 12.0. The second-order valence-electron chi connectivity index (χ2n) is 7.24. The molecule has 0 bridgehead atoms. The molecule has 0 aliphatic carbocycles. The predicted octanol–water partition coefficient (Wildman–Crippen LogP) is 5.24. The van der Waals surface area contributed by atoms with Crippen LogP contribution in [0.2, 0.25) is 0 Å². The number of hydrogen-bond acceptors (Lipinski definition) is 5. The number of carbonyl (C=O) groups is 1. The fourth-order valence-electron chi connectivity index (χ4n) is 3.13. The summed E-state index contributed by atoms with van der Waals surface area (Å²) in [7, 11) is 0. The van der Waals surface area contributed by atoms with Crippen molar-refractivity contribution in [1.82, 2.24) is 9.55 Å². The first-order valence-electron chi connectivity index (χ1n) is 9.60. The quantitative estimate of drug-likeness (QED) is 0.331. The van der Waals surface area contributed by atoms with Crippen LogP contribution >= 0.6 is 23.1 Å². The Kier molecular flexibility index (Phi) is 5.93. The van der Waals surface area contributed by atoms with Crippen LogP contribution < -0.4 is 10.9 Å². The summed E-state index contributed by atoms with van der Waals surface area (Å²) in [5.74, 6) is -0.464. The highest BCUT2D eigenvalue weighted by molar-refractivity contribution is 7.99. The third-order valence-corrected chi connectivity index (χ3v) is 6.80. The van der Waals surface area contributed by atoms with E-state index in [0.717, 1.165) is 16.8 Å². The first-order chi connectivity index (χ1) is 14.8. The molecule has 0 atom stereocenters. The second kappa shape index (κ2) is 8.64. The zero-order chi connectivity index (χ0) is 22.1. The van der Waals surface area contributed by atoms with E-state index in [4.69, 9.17) is 0 Å². The molecule has 0 saturated carbocycles. The van der Waals surface area contributed by atoms with Crippen molar-refractivity contribution in [3.63, 3.8) is 0 Å². The second-order valence-corrected chi connectivity index (χ2v) is 9.10. The SMILES string of the molecule is Cc1ccc(NC(=O)CSc2nc3ccsc3c(=O)n2-c2ccc(F)c(C)c2)cc1C. The highest BCUT2D eigenvalue weighted by atomic mass is 32.2. The van der Waals surface area contributed by atoms with Gasteiger partial charge < -0.3 is 5.32 Å². The number of halogens is 1. The number of amides is 1. The third-order valence-electron chi connectivity index (χ3n) is 4.97. The summed E-state index contributed by atoms with van der Waals surface area (Å²) in [6.45, 7) is 5.65. The van der Waals surface area contributed by atoms with Crippen molar-refractivity contribution in [2.45, 2.75) is 25.9 Å². The summed E-state index contributed by atoms with van der Waals surface area (Å²) >= 11 is 2.48. The van der Waals surface area contributed by atoms with Gasteiger partial charge in [-0.3, -0.25) is 14.2 Å². The van der Waals surface area contributed by atoms with Gasteiger partial charge in [0.2, 0.25) is 5.91 Å². The van der Waals surface area contributed by atoms with Gasteiger partial charge in [-0.2, -0.15) is 0 Å². The monoisotopic (exact) mass is 453 g/mol. The number of hydrogen-bond donors (Lipinski definition) is 1. The topological polar surface area (TPSA) is 64.0 Å². The zero-order valence-corrected chi connectivity index (χ0v) is 18.9. The number of aryl methyl sites for hydroxylation is 3. The average molecular weight is 454 g/mol. The molecule has 0 aliphatic heterocycles. The number of thioether (sulfide) groups is 1. The van der Waals surface area contributed by atoms with Crippen LogP contribution in [0.4, 0.5) is 10.1 Å². The average Bonchev–Trinajstić information content (AvgIpc) is 3.20. The van der Waals surface area contributed by atoms with Crippen LogP contribution in [0.5, 0.6) is 0 Å². The van der Waals surface area contributed by atoms with Crippen molar-refractivity contribution in [1.29, 1.82) is 0 Å². The van der Waals surface area contributed by atoms with Gasteiger partial charge in [0.05, 0.1) is 17.0 Å². The molecular weight excluding hydrogens is 433 g/mol. The Morgan fingerprint density at radius 1 is 1.10 bits per heavy atom. The first kappa shape index (κ1) is 21.3. The third kappa shape index (κ3) is 4.40. The molecule has 158 valence electrons. The number of fused-ring (bicyclic) bond motifs is 1. The standard InChI is InChI=1S/C23H20FN3O2S2/c1-13-4-5-16(10-14(13)2)25-20(28)12-31-23-26-19-8-9-30-21(19)22(29)27(23)17-6-7-18(24)15(3)11-17/h4-11H,12H2,1-3H3,(H,25,28). The molecule has 0 radical (unpaired) electrons. The van der Waals surface area contributed by atoms with E-state index in [2.05, 4.69) is 10.3 Å². The van der Waals surface area contributed by atoms with Crippen molar-refractivity contribution in [2.24, 2.45) is 0 Å². The number of carbonyl (C=O) groups excluding carboxylic acids is 1. The van der Waals surface area contributed by atoms with Crippen LogP contribution in [0.15, 0.2) is 57.8 Å². The lowest BCUT2D eigenvalue weighted by Crippen LogP contribution is -2.22. The van der Waals surface area contributed by atoms with Crippen molar-refractivity contribution >= 4 is 44.9 Å². The zero-order valence-electron chi connectivity index (χ0n) is 17.2. The number of anilines is 1. The van der Waals surface area contributed by atoms with Crippen LogP contribution in [0, 0.1) is 26.6 Å². The Labute approximate surface area is 187 Å². The van der Waals surface area contributed by atoms with E-state index >= 15 is 0 Å². The number of thiophene rings is 1. The maximum atomic E-state index is 13.8. The van der Waals surface area contributed by atoms with Gasteiger partial charge in [-0.15, -0.1) is 11.3 Å². The summed E-state index contributed by atoms with van der Waals surface area (Å²) in [4.78, 5) is 30.3. The van der Waals surface area contributed by atoms with E-state index in [9.17, 15) is 14.0 Å². The fraction of sp³-hybridized carbons (Fsp3) is 0.174. The Morgan fingerprint density at radius 3 is 2.65 bits per heavy atom. The minimum atomic E-state index is -0.344. The highest BCUT2D eigenvalue weighted by Gasteiger charge is 2.16. The number of nitrogens with zero attached hydrogens (tertiary/aromatic N) is 2. The molecule has 0 fully saturated rings. The van der Waals surface area contributed by atoms with Gasteiger partial charge in [-0.25, -0.2) is 9.37 Å². The van der Waals surface area contributed by atoms with Crippen LogP contribution in [0.1, 0.15) is 16.7 Å². The molecule has 0 unspecified atom stereocenters. The molecule has 1 amide bonds. The summed E-state index contributed by atoms with van der Waals surface area (Å²) in [5, 5.41) is 5.07. The molecule has 2 aromatic carbocycles. The van der Waals surface area contributed by atoms with Gasteiger partial charge in [-0.1, -0.05) is 17.8 Å². The molecule has 2 heterocycles. The first-order valence-corrected chi connectivity index (χ1v) is 11.5. The number of aromatic nitrogens is 2. The number of nitrogens with one attached hydrogen (secondary N) is 1. The van der Waals surface area contributed by atoms with Crippen LogP contribution in [-0.4, -0.2) is 21.2 Å². The Balaban J connectivity index is 1.64. The minimum Gasteiger partial charge on any atom is -0.325 e. The Morgan fingerprint density at radius 2 is 1.90 bits per heavy atom. The normalized spacial score (nSPS) is 11.1. The van der Waals surface area contributed by atoms with E-state index < -0.39 is 0 Å². The molecule has 0 saturated heterocycles. The largest absolute Gasteiger partial charge is 0.325 e. The molecule has 4 aromatic rings. The lowest BCUT2D eigenvalue weighted by Gasteiger charge is -2.13. The van der Waals surface area contributed by atoms with Crippen molar-refractivity contribution < 1.29 is 9.18 Å². The fourth-order valence-corrected chi connectivity index (χ4v) is 4.70. The van der Waals surface area contributed by atoms with Gasteiger partial charge in [0.1, 0.15) is 10.5 Å². The van der Waals surface area contributed by atoms with Crippen LogP contribution in [0.25, 0.3) is 15.9 Å². The highest BCUT2D eigenvalue weighted by Crippen LogP contribution is 2.25. The molecule has 0 aliphatic rings. The van der Waals surface area contributed by atoms with E-state index in [0.29, 0.717) is 26.6 Å². The molecule has 2 aromatic heterocycles. The minimum absolute atomic E-state index is 0.0786. The van der Waals surface area contributed by atoms with Gasteiger partial charge in [0, 0.05) is 5.69 Å². The van der Waals surface area contributed by atoms with Gasteiger partial charge in [0.25, 0.3) is 5.56 Å². The van der Waals surface area contributed by atoms with Gasteiger partial charge >= 0.3 is 0 Å². The molecule has 5 nitrogen and oxygen atoms in total. The number of rotatable bonds is 5. The lowest BCUT2D eigenvalue weighted by molar-refractivity contribution is -0.113. The van der Waals surface area contributed by atoms with Crippen LogP contribution in [0.3, 0.4) is 0 Å². The summed E-state index contributed by atoms with van der Waals surface area (Å²) in [6.07, 6.45) is 0. The Hall–Kier alpha value is -2.97. The lowest BCUT2D eigenvalue weighted by atomic mass is 10.1. The maximum absolute atomic E-state index is 13.8. The van der Waals surface area contributed by atoms with E-state index in [1.807, 2.05) is 32.0 Å². The van der Waals surface area contributed by atoms with Crippen molar-refractivity contribution in [3.05, 3.63) is 80.7 Å². The molecule has 8 heteroatoms.